The van der Waals surface area contributed by atoms with Crippen LogP contribution in [0.15, 0.2) is 12.3 Å². The lowest BCUT2D eigenvalue weighted by Crippen LogP contribution is -2.19. The van der Waals surface area contributed by atoms with E-state index in [0.29, 0.717) is 29.9 Å². The van der Waals surface area contributed by atoms with Gasteiger partial charge < -0.3 is 15.4 Å². The van der Waals surface area contributed by atoms with Crippen molar-refractivity contribution >= 4 is 17.4 Å². The van der Waals surface area contributed by atoms with Gasteiger partial charge in [-0.15, -0.1) is 0 Å². The molecular formula is C13H22ClN3O. The summed E-state index contributed by atoms with van der Waals surface area (Å²) in [6, 6.07) is 1.94. The monoisotopic (exact) mass is 271 g/mol. The first-order chi connectivity index (χ1) is 8.63. The van der Waals surface area contributed by atoms with Gasteiger partial charge in [-0.1, -0.05) is 25.4 Å². The Morgan fingerprint density at radius 1 is 1.44 bits per heavy atom. The summed E-state index contributed by atoms with van der Waals surface area (Å²) in [6.45, 7) is 7.49. The van der Waals surface area contributed by atoms with Crippen LogP contribution in [0.3, 0.4) is 0 Å². The molecule has 1 rings (SSSR count). The predicted octanol–water partition coefficient (Wildman–Crippen LogP) is 2.54. The van der Waals surface area contributed by atoms with Crippen LogP contribution in [-0.4, -0.2) is 31.8 Å². The molecule has 18 heavy (non-hydrogen) atoms. The van der Waals surface area contributed by atoms with Gasteiger partial charge in [0.2, 0.25) is 0 Å². The van der Waals surface area contributed by atoms with E-state index in [0.717, 1.165) is 18.7 Å². The molecule has 0 spiro atoms. The quantitative estimate of drug-likeness (QED) is 0.714. The van der Waals surface area contributed by atoms with Gasteiger partial charge in [-0.05, 0) is 24.1 Å². The lowest BCUT2D eigenvalue weighted by molar-refractivity contribution is 0.210. The SMILES string of the molecule is COCCNc1ncc(CNCC(C)C)cc1Cl. The minimum Gasteiger partial charge on any atom is -0.383 e. The largest absolute Gasteiger partial charge is 0.383 e. The summed E-state index contributed by atoms with van der Waals surface area (Å²) in [5.41, 5.74) is 1.10. The van der Waals surface area contributed by atoms with Gasteiger partial charge in [-0.25, -0.2) is 4.98 Å². The third-order valence-corrected chi connectivity index (χ3v) is 2.67. The fourth-order valence-corrected chi connectivity index (χ4v) is 1.74. The average Bonchev–Trinajstić information content (AvgIpc) is 2.31. The molecule has 4 nitrogen and oxygen atoms in total. The van der Waals surface area contributed by atoms with Crippen molar-refractivity contribution in [3.05, 3.63) is 22.8 Å². The first-order valence-electron chi connectivity index (χ1n) is 6.21. The molecule has 1 heterocycles. The summed E-state index contributed by atoms with van der Waals surface area (Å²) in [5.74, 6) is 1.35. The van der Waals surface area contributed by atoms with Crippen LogP contribution in [0.4, 0.5) is 5.82 Å². The second-order valence-corrected chi connectivity index (χ2v) is 5.03. The van der Waals surface area contributed by atoms with Crippen molar-refractivity contribution in [3.63, 3.8) is 0 Å². The molecule has 0 aliphatic carbocycles. The molecule has 2 N–H and O–H groups in total. The highest BCUT2D eigenvalue weighted by Crippen LogP contribution is 2.19. The number of pyridine rings is 1. The Bertz CT molecular complexity index is 358. The van der Waals surface area contributed by atoms with Gasteiger partial charge in [0, 0.05) is 26.4 Å². The Hall–Kier alpha value is -0.840. The maximum atomic E-state index is 6.16. The summed E-state index contributed by atoms with van der Waals surface area (Å²) >= 11 is 6.16. The van der Waals surface area contributed by atoms with E-state index in [1.165, 1.54) is 0 Å². The van der Waals surface area contributed by atoms with E-state index < -0.39 is 0 Å². The van der Waals surface area contributed by atoms with Crippen LogP contribution in [0.5, 0.6) is 0 Å². The zero-order valence-corrected chi connectivity index (χ0v) is 12.0. The fourth-order valence-electron chi connectivity index (χ4n) is 1.48. The van der Waals surface area contributed by atoms with Crippen LogP contribution in [0, 0.1) is 5.92 Å². The number of hydrogen-bond donors (Lipinski definition) is 2. The second-order valence-electron chi connectivity index (χ2n) is 4.62. The van der Waals surface area contributed by atoms with E-state index in [1.807, 2.05) is 12.3 Å². The third kappa shape index (κ3) is 5.67. The Kier molecular flexibility index (Phi) is 7.01. The lowest BCUT2D eigenvalue weighted by Gasteiger charge is -2.10. The zero-order chi connectivity index (χ0) is 13.4. The van der Waals surface area contributed by atoms with Crippen LogP contribution >= 0.6 is 11.6 Å². The molecule has 0 saturated carbocycles. The molecule has 1 aromatic rings. The van der Waals surface area contributed by atoms with Crippen LogP contribution in [0.1, 0.15) is 19.4 Å². The lowest BCUT2D eigenvalue weighted by atomic mass is 10.2. The number of hydrogen-bond acceptors (Lipinski definition) is 4. The van der Waals surface area contributed by atoms with Crippen molar-refractivity contribution < 1.29 is 4.74 Å². The summed E-state index contributed by atoms with van der Waals surface area (Å²) in [7, 11) is 1.67. The highest BCUT2D eigenvalue weighted by Gasteiger charge is 2.03. The van der Waals surface area contributed by atoms with Gasteiger partial charge in [0.1, 0.15) is 5.82 Å². The Morgan fingerprint density at radius 3 is 2.83 bits per heavy atom. The molecule has 0 radical (unpaired) electrons. The molecule has 0 fully saturated rings. The summed E-state index contributed by atoms with van der Waals surface area (Å²) in [4.78, 5) is 4.31. The molecule has 5 heteroatoms. The van der Waals surface area contributed by atoms with Crippen molar-refractivity contribution in [2.75, 3.05) is 32.1 Å². The second kappa shape index (κ2) is 8.29. The number of halogens is 1. The minimum atomic E-state index is 0.635. The van der Waals surface area contributed by atoms with Crippen LogP contribution in [0.25, 0.3) is 0 Å². The predicted molar refractivity (Wildman–Crippen MR) is 76.2 cm³/mol. The van der Waals surface area contributed by atoms with Crippen molar-refractivity contribution in [2.45, 2.75) is 20.4 Å². The van der Waals surface area contributed by atoms with E-state index in [4.69, 9.17) is 16.3 Å². The number of aromatic nitrogens is 1. The smallest absolute Gasteiger partial charge is 0.144 e. The summed E-state index contributed by atoms with van der Waals surface area (Å²) < 4.78 is 4.96. The van der Waals surface area contributed by atoms with E-state index in [2.05, 4.69) is 29.5 Å². The Morgan fingerprint density at radius 2 is 2.22 bits per heavy atom. The van der Waals surface area contributed by atoms with E-state index in [-0.39, 0.29) is 0 Å². The molecule has 0 amide bonds. The topological polar surface area (TPSA) is 46.2 Å². The van der Waals surface area contributed by atoms with Crippen molar-refractivity contribution in [1.29, 1.82) is 0 Å². The number of nitrogens with zero attached hydrogens (tertiary/aromatic N) is 1. The van der Waals surface area contributed by atoms with Gasteiger partial charge >= 0.3 is 0 Å². The highest BCUT2D eigenvalue weighted by atomic mass is 35.5. The maximum absolute atomic E-state index is 6.16. The number of anilines is 1. The molecule has 0 unspecified atom stereocenters. The molecular weight excluding hydrogens is 250 g/mol. The van der Waals surface area contributed by atoms with Gasteiger partial charge in [0.05, 0.1) is 11.6 Å². The van der Waals surface area contributed by atoms with Crippen molar-refractivity contribution in [2.24, 2.45) is 5.92 Å². The van der Waals surface area contributed by atoms with Crippen molar-refractivity contribution in [3.8, 4) is 0 Å². The van der Waals surface area contributed by atoms with Gasteiger partial charge in [-0.2, -0.15) is 0 Å². The molecule has 0 aliphatic rings. The molecule has 0 bridgehead atoms. The molecule has 0 saturated heterocycles. The first-order valence-corrected chi connectivity index (χ1v) is 6.59. The molecule has 0 aromatic carbocycles. The van der Waals surface area contributed by atoms with Crippen molar-refractivity contribution in [1.82, 2.24) is 10.3 Å². The Labute approximate surface area is 114 Å². The number of rotatable bonds is 8. The normalized spacial score (nSPS) is 10.9. The number of nitrogens with one attached hydrogen (secondary N) is 2. The Balaban J connectivity index is 2.45. The average molecular weight is 272 g/mol. The number of methoxy groups -OCH3 is 1. The highest BCUT2D eigenvalue weighted by molar-refractivity contribution is 6.32. The van der Waals surface area contributed by atoms with Crippen LogP contribution < -0.4 is 10.6 Å². The summed E-state index contributed by atoms with van der Waals surface area (Å²) in [6.07, 6.45) is 1.84. The maximum Gasteiger partial charge on any atom is 0.144 e. The standard InChI is InChI=1S/C13H22ClN3O/c1-10(2)7-15-8-11-6-12(14)13(17-9-11)16-4-5-18-3/h6,9-10,15H,4-5,7-8H2,1-3H3,(H,16,17). The first kappa shape index (κ1) is 15.2. The van der Waals surface area contributed by atoms with Crippen LogP contribution in [0.2, 0.25) is 5.02 Å². The van der Waals surface area contributed by atoms with Gasteiger partial charge in [0.15, 0.2) is 0 Å². The third-order valence-electron chi connectivity index (χ3n) is 2.38. The molecule has 1 aromatic heterocycles. The van der Waals surface area contributed by atoms with E-state index in [1.54, 1.807) is 7.11 Å². The minimum absolute atomic E-state index is 0.635. The van der Waals surface area contributed by atoms with Crippen LogP contribution in [-0.2, 0) is 11.3 Å². The molecule has 0 aliphatic heterocycles. The van der Waals surface area contributed by atoms with E-state index in [9.17, 15) is 0 Å². The number of ether oxygens (including phenoxy) is 1. The van der Waals surface area contributed by atoms with Gasteiger partial charge in [0.25, 0.3) is 0 Å². The fraction of sp³-hybridized carbons (Fsp3) is 0.615. The van der Waals surface area contributed by atoms with Gasteiger partial charge in [-0.3, -0.25) is 0 Å². The molecule has 102 valence electrons. The summed E-state index contributed by atoms with van der Waals surface area (Å²) in [5, 5.41) is 7.14. The zero-order valence-electron chi connectivity index (χ0n) is 11.3. The molecule has 0 atom stereocenters. The van der Waals surface area contributed by atoms with E-state index >= 15 is 0 Å².